The average molecular weight is 989 g/mol. The maximum absolute atomic E-state index is 12.1. The Morgan fingerprint density at radius 3 is 1.55 bits per heavy atom. The molecule has 346 valence electrons. The number of aromatic nitrogens is 2. The lowest BCUT2D eigenvalue weighted by Gasteiger charge is -2.26. The van der Waals surface area contributed by atoms with Gasteiger partial charge in [0, 0.05) is 74.4 Å². The van der Waals surface area contributed by atoms with Crippen molar-refractivity contribution in [3.8, 4) is 50.8 Å². The fraction of sp³-hybridized carbons (Fsp3) is 0. The Kier molecular flexibility index (Phi) is 8.85. The van der Waals surface area contributed by atoms with Crippen LogP contribution in [0.1, 0.15) is 5.56 Å². The summed E-state index contributed by atoms with van der Waals surface area (Å²) in [5.41, 5.74) is 13.1. The lowest BCUT2D eigenvalue weighted by Crippen LogP contribution is -2.09. The van der Waals surface area contributed by atoms with Crippen LogP contribution < -0.4 is 0 Å². The van der Waals surface area contributed by atoms with E-state index in [4.69, 9.17) is 4.42 Å². The standard InChI is InChI=1S/C68H36N4OS2/c1-70-62-60(40-19-7-3-8-20-40)53(38-69)63(71-54-26-14-11-23-43(54)50-37-57-52(36-55(50)71)51-35-42(29-34-56(51)73-57)39-17-5-2-6-18-39)61(41-21-9-4-10-22-41)66(62)72-64-46(30-32-48-44-24-12-15-27-58(44)74-67(48)64)47-31-33-49-45-25-13-16-28-59(45)75-68(49)65(47)72/h2-37H. The van der Waals surface area contributed by atoms with E-state index in [1.165, 1.54) is 20.2 Å². The van der Waals surface area contributed by atoms with Crippen LogP contribution in [0.3, 0.4) is 0 Å². The highest BCUT2D eigenvalue weighted by Crippen LogP contribution is 2.55. The van der Waals surface area contributed by atoms with Gasteiger partial charge in [-0.15, -0.1) is 22.7 Å². The fourth-order valence-electron chi connectivity index (χ4n) is 12.2. The summed E-state index contributed by atoms with van der Waals surface area (Å²) in [5.74, 6) is 0. The summed E-state index contributed by atoms with van der Waals surface area (Å²) in [6.07, 6.45) is 0. The second-order valence-corrected chi connectivity index (χ2v) is 21.3. The summed E-state index contributed by atoms with van der Waals surface area (Å²) in [7, 11) is 0. The zero-order valence-corrected chi connectivity index (χ0v) is 41.4. The van der Waals surface area contributed by atoms with Gasteiger partial charge in [-0.2, -0.15) is 5.26 Å². The number of benzene rings is 11. The van der Waals surface area contributed by atoms with Crippen molar-refractivity contribution >= 4 is 134 Å². The van der Waals surface area contributed by atoms with E-state index in [0.29, 0.717) is 22.5 Å². The molecule has 0 saturated heterocycles. The number of hydrogen-bond acceptors (Lipinski definition) is 4. The predicted molar refractivity (Wildman–Crippen MR) is 315 cm³/mol. The minimum atomic E-state index is 0.410. The third-order valence-electron chi connectivity index (χ3n) is 15.4. The van der Waals surface area contributed by atoms with Crippen LogP contribution in [0.4, 0.5) is 5.69 Å². The molecule has 0 aliphatic heterocycles. The van der Waals surface area contributed by atoms with Crippen molar-refractivity contribution < 1.29 is 4.42 Å². The number of hydrogen-bond donors (Lipinski definition) is 0. The lowest BCUT2D eigenvalue weighted by molar-refractivity contribution is 0.669. The van der Waals surface area contributed by atoms with Crippen molar-refractivity contribution in [3.63, 3.8) is 0 Å². The molecule has 7 heteroatoms. The van der Waals surface area contributed by atoms with Gasteiger partial charge in [-0.1, -0.05) is 176 Å². The minimum Gasteiger partial charge on any atom is -0.456 e. The zero-order valence-electron chi connectivity index (χ0n) is 39.8. The van der Waals surface area contributed by atoms with Gasteiger partial charge in [0.2, 0.25) is 5.69 Å². The molecule has 5 aromatic heterocycles. The molecule has 0 unspecified atom stereocenters. The van der Waals surface area contributed by atoms with Crippen LogP contribution in [0.15, 0.2) is 223 Å². The van der Waals surface area contributed by atoms with Crippen molar-refractivity contribution in [1.82, 2.24) is 9.13 Å². The van der Waals surface area contributed by atoms with E-state index in [0.717, 1.165) is 119 Å². The van der Waals surface area contributed by atoms with Crippen molar-refractivity contribution in [1.29, 1.82) is 5.26 Å². The largest absolute Gasteiger partial charge is 0.456 e. The number of thiophene rings is 2. The highest BCUT2D eigenvalue weighted by molar-refractivity contribution is 7.27. The van der Waals surface area contributed by atoms with E-state index in [-0.39, 0.29) is 0 Å². The first-order valence-corrected chi connectivity index (χ1v) is 26.5. The molecule has 0 fully saturated rings. The van der Waals surface area contributed by atoms with E-state index in [1.54, 1.807) is 22.7 Å². The number of furan rings is 1. The van der Waals surface area contributed by atoms with Gasteiger partial charge in [0.15, 0.2) is 0 Å². The molecule has 11 aromatic carbocycles. The Bertz CT molecular complexity index is 5070. The Balaban J connectivity index is 1.16. The van der Waals surface area contributed by atoms with Crippen molar-refractivity contribution in [3.05, 3.63) is 235 Å². The predicted octanol–water partition coefficient (Wildman–Crippen LogP) is 19.9. The van der Waals surface area contributed by atoms with Crippen LogP contribution >= 0.6 is 22.7 Å². The monoisotopic (exact) mass is 988 g/mol. The molecule has 0 N–H and O–H groups in total. The molecule has 5 heterocycles. The van der Waals surface area contributed by atoms with Crippen LogP contribution in [-0.2, 0) is 0 Å². The van der Waals surface area contributed by atoms with E-state index in [1.807, 2.05) is 42.5 Å². The summed E-state index contributed by atoms with van der Waals surface area (Å²) in [5, 5.41) is 23.1. The molecular weight excluding hydrogens is 953 g/mol. The van der Waals surface area contributed by atoms with E-state index >= 15 is 0 Å². The second-order valence-electron chi connectivity index (χ2n) is 19.2. The Morgan fingerprint density at radius 2 is 0.933 bits per heavy atom. The smallest absolute Gasteiger partial charge is 0.220 e. The molecule has 0 atom stereocenters. The number of para-hydroxylation sites is 1. The van der Waals surface area contributed by atoms with Crippen LogP contribution in [-0.4, -0.2) is 9.13 Å². The maximum Gasteiger partial charge on any atom is 0.220 e. The molecule has 16 aromatic rings. The summed E-state index contributed by atoms with van der Waals surface area (Å²) >= 11 is 3.59. The summed E-state index contributed by atoms with van der Waals surface area (Å²) in [6.45, 7) is 9.55. The van der Waals surface area contributed by atoms with Crippen LogP contribution in [0.2, 0.25) is 0 Å². The highest BCUT2D eigenvalue weighted by Gasteiger charge is 2.33. The molecule has 0 saturated carbocycles. The van der Waals surface area contributed by atoms with E-state index < -0.39 is 0 Å². The first-order valence-electron chi connectivity index (χ1n) is 24.9. The quantitative estimate of drug-likeness (QED) is 0.161. The molecule has 16 rings (SSSR count). The van der Waals surface area contributed by atoms with Gasteiger partial charge in [-0.25, -0.2) is 4.85 Å². The minimum absolute atomic E-state index is 0.410. The molecule has 5 nitrogen and oxygen atoms in total. The van der Waals surface area contributed by atoms with Crippen LogP contribution in [0.5, 0.6) is 0 Å². The first-order chi connectivity index (χ1) is 37.1. The third-order valence-corrected chi connectivity index (χ3v) is 17.8. The highest BCUT2D eigenvalue weighted by atomic mass is 32.1. The van der Waals surface area contributed by atoms with Gasteiger partial charge in [-0.05, 0) is 64.7 Å². The SMILES string of the molecule is [C-]#[N+]c1c(-c2ccccc2)c(C#N)c(-n2c3ccccc3c3cc4oc5ccc(-c6ccccc6)cc5c4cc32)c(-c2ccccc2)c1-n1c2c(ccc3c4ccccc4sc32)c2ccc3c4ccccc4sc3c21. The van der Waals surface area contributed by atoms with Crippen molar-refractivity contribution in [2.75, 3.05) is 0 Å². The van der Waals surface area contributed by atoms with E-state index in [2.05, 4.69) is 196 Å². The second kappa shape index (κ2) is 15.9. The van der Waals surface area contributed by atoms with Crippen LogP contribution in [0, 0.1) is 17.9 Å². The molecule has 0 aliphatic carbocycles. The lowest BCUT2D eigenvalue weighted by atomic mass is 9.88. The maximum atomic E-state index is 12.1. The number of fused-ring (bicyclic) bond motifs is 17. The number of nitrogens with zero attached hydrogens (tertiary/aromatic N) is 4. The van der Waals surface area contributed by atoms with Crippen molar-refractivity contribution in [2.45, 2.75) is 0 Å². The normalized spacial score (nSPS) is 12.0. The van der Waals surface area contributed by atoms with Gasteiger partial charge >= 0.3 is 0 Å². The van der Waals surface area contributed by atoms with Gasteiger partial charge in [0.05, 0.1) is 55.0 Å². The Morgan fingerprint density at radius 1 is 0.400 bits per heavy atom. The molecule has 0 radical (unpaired) electrons. The number of rotatable bonds is 5. The Labute approximate surface area is 436 Å². The summed E-state index contributed by atoms with van der Waals surface area (Å²) < 4.78 is 16.2. The van der Waals surface area contributed by atoms with Gasteiger partial charge in [0.25, 0.3) is 0 Å². The van der Waals surface area contributed by atoms with E-state index in [9.17, 15) is 11.8 Å². The summed E-state index contributed by atoms with van der Waals surface area (Å²) in [4.78, 5) is 4.67. The van der Waals surface area contributed by atoms with Crippen LogP contribution in [0.25, 0.3) is 155 Å². The number of nitriles is 1. The molecule has 75 heavy (non-hydrogen) atoms. The van der Waals surface area contributed by atoms with Gasteiger partial charge < -0.3 is 13.6 Å². The molecule has 0 bridgehead atoms. The molecule has 0 spiro atoms. The molecule has 0 aliphatic rings. The van der Waals surface area contributed by atoms with Gasteiger partial charge in [0.1, 0.15) is 17.2 Å². The Hall–Kier alpha value is -9.76. The topological polar surface area (TPSA) is 51.1 Å². The molecule has 0 amide bonds. The van der Waals surface area contributed by atoms with Gasteiger partial charge in [-0.3, -0.25) is 0 Å². The molecular formula is C68H36N4OS2. The fourth-order valence-corrected chi connectivity index (χ4v) is 14.7. The zero-order chi connectivity index (χ0) is 49.5. The van der Waals surface area contributed by atoms with Crippen molar-refractivity contribution in [2.24, 2.45) is 0 Å². The third kappa shape index (κ3) is 5.85. The summed E-state index contributed by atoms with van der Waals surface area (Å²) in [6, 6.07) is 79.6. The first kappa shape index (κ1) is 41.8. The average Bonchev–Trinajstić information content (AvgIpc) is 4.35.